The molecule has 1 aliphatic rings. The standard InChI is InChI=1S/C10H9Cl2NO/c11-9-5-4-7(10(12)13-9)6-2-1-3-8(6)14/h4-6H,1-3H2. The van der Waals surface area contributed by atoms with Gasteiger partial charge in [0.2, 0.25) is 0 Å². The van der Waals surface area contributed by atoms with Crippen LogP contribution < -0.4 is 0 Å². The summed E-state index contributed by atoms with van der Waals surface area (Å²) >= 11 is 11.6. The summed E-state index contributed by atoms with van der Waals surface area (Å²) in [6.07, 6.45) is 2.48. The van der Waals surface area contributed by atoms with E-state index in [9.17, 15) is 4.79 Å². The van der Waals surface area contributed by atoms with Gasteiger partial charge in [0.25, 0.3) is 0 Å². The van der Waals surface area contributed by atoms with E-state index in [4.69, 9.17) is 23.2 Å². The van der Waals surface area contributed by atoms with E-state index in [1.54, 1.807) is 12.1 Å². The SMILES string of the molecule is O=C1CCCC1c1ccc(Cl)nc1Cl. The first-order chi connectivity index (χ1) is 6.68. The van der Waals surface area contributed by atoms with E-state index in [1.807, 2.05) is 0 Å². The number of rotatable bonds is 1. The number of hydrogen-bond donors (Lipinski definition) is 0. The van der Waals surface area contributed by atoms with E-state index in [-0.39, 0.29) is 11.7 Å². The number of halogens is 2. The molecule has 2 nitrogen and oxygen atoms in total. The smallest absolute Gasteiger partial charge is 0.140 e. The van der Waals surface area contributed by atoms with E-state index in [0.29, 0.717) is 16.7 Å². The fraction of sp³-hybridized carbons (Fsp3) is 0.400. The molecule has 1 fully saturated rings. The molecule has 2 rings (SSSR count). The van der Waals surface area contributed by atoms with E-state index >= 15 is 0 Å². The Balaban J connectivity index is 2.36. The van der Waals surface area contributed by atoms with Crippen LogP contribution >= 0.6 is 23.2 Å². The van der Waals surface area contributed by atoms with Crippen molar-refractivity contribution in [2.75, 3.05) is 0 Å². The van der Waals surface area contributed by atoms with Crippen LogP contribution in [0.4, 0.5) is 0 Å². The highest BCUT2D eigenvalue weighted by Crippen LogP contribution is 2.34. The Kier molecular flexibility index (Phi) is 2.75. The van der Waals surface area contributed by atoms with Crippen molar-refractivity contribution in [3.8, 4) is 0 Å². The largest absolute Gasteiger partial charge is 0.299 e. The monoisotopic (exact) mass is 229 g/mol. The van der Waals surface area contributed by atoms with Gasteiger partial charge in [-0.25, -0.2) is 4.98 Å². The molecule has 1 unspecified atom stereocenters. The van der Waals surface area contributed by atoms with Gasteiger partial charge < -0.3 is 0 Å². The van der Waals surface area contributed by atoms with Crippen LogP contribution in [-0.2, 0) is 4.79 Å². The fourth-order valence-electron chi connectivity index (χ4n) is 1.83. The Hall–Kier alpha value is -0.600. The molecule has 4 heteroatoms. The van der Waals surface area contributed by atoms with Crippen LogP contribution in [0.1, 0.15) is 30.7 Å². The molecule has 0 amide bonds. The van der Waals surface area contributed by atoms with Gasteiger partial charge in [-0.2, -0.15) is 0 Å². The minimum atomic E-state index is -0.0627. The molecule has 1 aliphatic carbocycles. The lowest BCUT2D eigenvalue weighted by atomic mass is 9.99. The van der Waals surface area contributed by atoms with Crippen molar-refractivity contribution in [3.63, 3.8) is 0 Å². The highest BCUT2D eigenvalue weighted by atomic mass is 35.5. The number of pyridine rings is 1. The molecule has 1 saturated carbocycles. The topological polar surface area (TPSA) is 30.0 Å². The van der Waals surface area contributed by atoms with Crippen molar-refractivity contribution in [3.05, 3.63) is 28.0 Å². The maximum atomic E-state index is 11.5. The quantitative estimate of drug-likeness (QED) is 0.693. The van der Waals surface area contributed by atoms with Gasteiger partial charge in [0.15, 0.2) is 0 Å². The number of hydrogen-bond acceptors (Lipinski definition) is 2. The molecule has 1 heterocycles. The summed E-state index contributed by atoms with van der Waals surface area (Å²) in [5.41, 5.74) is 0.818. The lowest BCUT2D eigenvalue weighted by Crippen LogP contribution is -2.05. The normalized spacial score (nSPS) is 21.6. The molecule has 1 atom stereocenters. The molecule has 74 valence electrons. The van der Waals surface area contributed by atoms with Crippen molar-refractivity contribution in [2.24, 2.45) is 0 Å². The molecule has 1 aromatic rings. The molecule has 0 spiro atoms. The van der Waals surface area contributed by atoms with Crippen LogP contribution in [0.15, 0.2) is 12.1 Å². The van der Waals surface area contributed by atoms with Crippen molar-refractivity contribution >= 4 is 29.0 Å². The summed E-state index contributed by atoms with van der Waals surface area (Å²) in [6, 6.07) is 3.47. The number of ketones is 1. The Morgan fingerprint density at radius 1 is 1.36 bits per heavy atom. The maximum Gasteiger partial charge on any atom is 0.140 e. The van der Waals surface area contributed by atoms with Crippen LogP contribution in [0, 0.1) is 0 Å². The summed E-state index contributed by atoms with van der Waals surface area (Å²) < 4.78 is 0. The summed E-state index contributed by atoms with van der Waals surface area (Å²) in [5.74, 6) is 0.197. The van der Waals surface area contributed by atoms with Gasteiger partial charge in [0.05, 0.1) is 0 Å². The van der Waals surface area contributed by atoms with E-state index in [0.717, 1.165) is 18.4 Å². The van der Waals surface area contributed by atoms with E-state index < -0.39 is 0 Å². The molecule has 1 aromatic heterocycles. The molecular weight excluding hydrogens is 221 g/mol. The van der Waals surface area contributed by atoms with Gasteiger partial charge in [-0.15, -0.1) is 0 Å². The third kappa shape index (κ3) is 1.77. The first kappa shape index (κ1) is 9.94. The molecule has 0 aliphatic heterocycles. The highest BCUT2D eigenvalue weighted by Gasteiger charge is 2.27. The molecule has 0 saturated heterocycles. The molecule has 14 heavy (non-hydrogen) atoms. The number of nitrogens with zero attached hydrogens (tertiary/aromatic N) is 1. The van der Waals surface area contributed by atoms with Gasteiger partial charge in [-0.05, 0) is 18.9 Å². The van der Waals surface area contributed by atoms with Crippen molar-refractivity contribution in [1.29, 1.82) is 0 Å². The molecule has 0 aromatic carbocycles. The third-order valence-corrected chi connectivity index (χ3v) is 3.04. The third-order valence-electron chi connectivity index (χ3n) is 2.52. The summed E-state index contributed by atoms with van der Waals surface area (Å²) in [4.78, 5) is 15.4. The second-order valence-electron chi connectivity index (χ2n) is 3.43. The second kappa shape index (κ2) is 3.87. The lowest BCUT2D eigenvalue weighted by Gasteiger charge is -2.09. The predicted molar refractivity (Wildman–Crippen MR) is 55.9 cm³/mol. The Labute approximate surface area is 92.2 Å². The van der Waals surface area contributed by atoms with Crippen molar-refractivity contribution in [1.82, 2.24) is 4.98 Å². The van der Waals surface area contributed by atoms with Crippen LogP contribution in [0.25, 0.3) is 0 Å². The van der Waals surface area contributed by atoms with Gasteiger partial charge in [0.1, 0.15) is 16.1 Å². The summed E-state index contributed by atoms with van der Waals surface area (Å²) in [7, 11) is 0. The first-order valence-electron chi connectivity index (χ1n) is 4.53. The Morgan fingerprint density at radius 2 is 2.14 bits per heavy atom. The van der Waals surface area contributed by atoms with Crippen molar-refractivity contribution in [2.45, 2.75) is 25.2 Å². The van der Waals surface area contributed by atoms with E-state index in [2.05, 4.69) is 4.98 Å². The lowest BCUT2D eigenvalue weighted by molar-refractivity contribution is -0.118. The minimum Gasteiger partial charge on any atom is -0.299 e. The van der Waals surface area contributed by atoms with Gasteiger partial charge in [-0.1, -0.05) is 29.3 Å². The van der Waals surface area contributed by atoms with Gasteiger partial charge in [-0.3, -0.25) is 4.79 Å². The number of aromatic nitrogens is 1. The molecular formula is C10H9Cl2NO. The predicted octanol–water partition coefficient (Wildman–Crippen LogP) is 3.23. The second-order valence-corrected chi connectivity index (χ2v) is 4.17. The fourth-order valence-corrected chi connectivity index (χ4v) is 2.30. The zero-order chi connectivity index (χ0) is 10.1. The number of Topliss-reactive ketones (excluding diaryl/α,β-unsaturated/α-hetero) is 1. The summed E-state index contributed by atoms with van der Waals surface area (Å²) in [6.45, 7) is 0. The van der Waals surface area contributed by atoms with Crippen LogP contribution in [-0.4, -0.2) is 10.8 Å². The van der Waals surface area contributed by atoms with Crippen LogP contribution in [0.2, 0.25) is 10.3 Å². The van der Waals surface area contributed by atoms with Gasteiger partial charge >= 0.3 is 0 Å². The minimum absolute atomic E-state index is 0.0627. The van der Waals surface area contributed by atoms with Crippen LogP contribution in [0.3, 0.4) is 0 Å². The highest BCUT2D eigenvalue weighted by molar-refractivity contribution is 6.33. The molecule has 0 N–H and O–H groups in total. The molecule has 0 bridgehead atoms. The van der Waals surface area contributed by atoms with E-state index in [1.165, 1.54) is 0 Å². The van der Waals surface area contributed by atoms with Crippen LogP contribution in [0.5, 0.6) is 0 Å². The zero-order valence-electron chi connectivity index (χ0n) is 7.46. The average Bonchev–Trinajstić information content (AvgIpc) is 2.52. The maximum absolute atomic E-state index is 11.5. The summed E-state index contributed by atoms with van der Waals surface area (Å²) in [5, 5.41) is 0.724. The number of carbonyl (C=O) groups is 1. The van der Waals surface area contributed by atoms with Gasteiger partial charge in [0, 0.05) is 17.9 Å². The first-order valence-corrected chi connectivity index (χ1v) is 5.29. The number of carbonyl (C=O) groups excluding carboxylic acids is 1. The Morgan fingerprint density at radius 3 is 2.71 bits per heavy atom. The molecule has 0 radical (unpaired) electrons. The zero-order valence-corrected chi connectivity index (χ0v) is 8.98. The Bertz CT molecular complexity index is 378. The average molecular weight is 230 g/mol. The van der Waals surface area contributed by atoms with Crippen molar-refractivity contribution < 1.29 is 4.79 Å².